The Morgan fingerprint density at radius 1 is 0.418 bits per heavy atom. The van der Waals surface area contributed by atoms with Crippen LogP contribution in [-0.4, -0.2) is 9.55 Å². The monoisotopic (exact) mass is 703 g/mol. The van der Waals surface area contributed by atoms with Crippen molar-refractivity contribution in [3.63, 3.8) is 0 Å². The van der Waals surface area contributed by atoms with E-state index in [-0.39, 0.29) is 0 Å². The zero-order valence-electron chi connectivity index (χ0n) is 29.8. The molecular weight excluding hydrogens is 671 g/mol. The maximum atomic E-state index is 6.32. The molecule has 0 radical (unpaired) electrons. The lowest BCUT2D eigenvalue weighted by molar-refractivity contribution is 0.620. The van der Waals surface area contributed by atoms with E-state index in [0.29, 0.717) is 5.89 Å². The molecule has 9 aromatic carbocycles. The molecule has 0 atom stereocenters. The maximum absolute atomic E-state index is 6.32. The fourth-order valence-electron chi connectivity index (χ4n) is 8.21. The van der Waals surface area contributed by atoms with E-state index in [9.17, 15) is 0 Å². The molecule has 0 amide bonds. The minimum absolute atomic E-state index is 0.610. The molecule has 0 N–H and O–H groups in total. The standard InChI is InChI=1S/C51H33N3O/c1-2-14-38(15-3-1)54-47-20-9-8-18-45(47)46-33-41(30-31-48(46)54)53(39-26-21-36(22-27-39)43-19-10-13-34-11-4-6-16-42(34)43)40-28-23-37(24-29-40)51-52-50-44-17-7-5-12-35(44)25-32-49(50)55-51/h1-33H. The van der Waals surface area contributed by atoms with Crippen molar-refractivity contribution in [2.45, 2.75) is 0 Å². The first-order valence-corrected chi connectivity index (χ1v) is 18.6. The second kappa shape index (κ2) is 12.6. The Labute approximate surface area is 317 Å². The van der Waals surface area contributed by atoms with Gasteiger partial charge in [0.05, 0.1) is 11.0 Å². The van der Waals surface area contributed by atoms with Crippen molar-refractivity contribution < 1.29 is 4.42 Å². The van der Waals surface area contributed by atoms with Crippen LogP contribution in [-0.2, 0) is 0 Å². The fraction of sp³-hybridized carbons (Fsp3) is 0. The van der Waals surface area contributed by atoms with Crippen LogP contribution < -0.4 is 4.90 Å². The van der Waals surface area contributed by atoms with Crippen molar-refractivity contribution in [2.24, 2.45) is 0 Å². The Morgan fingerprint density at radius 2 is 1.02 bits per heavy atom. The second-order valence-corrected chi connectivity index (χ2v) is 14.0. The molecule has 0 aliphatic rings. The first kappa shape index (κ1) is 31.1. The lowest BCUT2D eigenvalue weighted by atomic mass is 9.98. The predicted molar refractivity (Wildman–Crippen MR) is 229 cm³/mol. The Balaban J connectivity index is 1.05. The zero-order valence-corrected chi connectivity index (χ0v) is 29.8. The number of hydrogen-bond acceptors (Lipinski definition) is 3. The smallest absolute Gasteiger partial charge is 0.227 e. The minimum atomic E-state index is 0.610. The van der Waals surface area contributed by atoms with Gasteiger partial charge >= 0.3 is 0 Å². The number of fused-ring (bicyclic) bond motifs is 7. The van der Waals surface area contributed by atoms with Crippen molar-refractivity contribution in [2.75, 3.05) is 4.90 Å². The molecule has 55 heavy (non-hydrogen) atoms. The van der Waals surface area contributed by atoms with Gasteiger partial charge in [-0.25, -0.2) is 4.98 Å². The number of para-hydroxylation sites is 2. The highest BCUT2D eigenvalue weighted by molar-refractivity contribution is 6.11. The van der Waals surface area contributed by atoms with E-state index in [4.69, 9.17) is 9.40 Å². The molecule has 0 aliphatic heterocycles. The summed E-state index contributed by atoms with van der Waals surface area (Å²) in [5, 5.41) is 7.14. The third-order valence-corrected chi connectivity index (χ3v) is 10.8. The van der Waals surface area contributed by atoms with Gasteiger partial charge in [0, 0.05) is 44.5 Å². The average Bonchev–Trinajstić information content (AvgIpc) is 3.84. The van der Waals surface area contributed by atoms with Gasteiger partial charge in [-0.1, -0.05) is 121 Å². The summed E-state index contributed by atoms with van der Waals surface area (Å²) in [5.74, 6) is 0.610. The van der Waals surface area contributed by atoms with Crippen LogP contribution in [0.5, 0.6) is 0 Å². The number of hydrogen-bond donors (Lipinski definition) is 0. The van der Waals surface area contributed by atoms with Crippen LogP contribution in [0.3, 0.4) is 0 Å². The molecule has 4 heteroatoms. The molecule has 2 aromatic heterocycles. The fourth-order valence-corrected chi connectivity index (χ4v) is 8.21. The lowest BCUT2D eigenvalue weighted by Crippen LogP contribution is -2.10. The summed E-state index contributed by atoms with van der Waals surface area (Å²) in [6, 6.07) is 71.1. The molecule has 2 heterocycles. The molecule has 0 saturated carbocycles. The summed E-state index contributed by atoms with van der Waals surface area (Å²) in [7, 11) is 0. The largest absolute Gasteiger partial charge is 0.436 e. The van der Waals surface area contributed by atoms with Gasteiger partial charge in [-0.05, 0) is 106 Å². The summed E-state index contributed by atoms with van der Waals surface area (Å²) in [6.45, 7) is 0. The molecule has 4 nitrogen and oxygen atoms in total. The Kier molecular flexibility index (Phi) is 7.14. The first-order chi connectivity index (χ1) is 27.3. The van der Waals surface area contributed by atoms with Crippen molar-refractivity contribution in [1.82, 2.24) is 9.55 Å². The van der Waals surface area contributed by atoms with E-state index in [0.717, 1.165) is 50.2 Å². The van der Waals surface area contributed by atoms with E-state index in [1.54, 1.807) is 0 Å². The van der Waals surface area contributed by atoms with Crippen molar-refractivity contribution in [3.8, 4) is 28.3 Å². The van der Waals surface area contributed by atoms with Crippen molar-refractivity contribution in [3.05, 3.63) is 200 Å². The molecule has 0 aliphatic carbocycles. The molecule has 0 bridgehead atoms. The van der Waals surface area contributed by atoms with E-state index >= 15 is 0 Å². The van der Waals surface area contributed by atoms with Crippen LogP contribution in [0.1, 0.15) is 0 Å². The third-order valence-electron chi connectivity index (χ3n) is 10.8. The number of nitrogens with zero attached hydrogens (tertiary/aromatic N) is 3. The highest BCUT2D eigenvalue weighted by Crippen LogP contribution is 2.41. The average molecular weight is 704 g/mol. The van der Waals surface area contributed by atoms with Gasteiger partial charge in [-0.15, -0.1) is 0 Å². The number of anilines is 3. The lowest BCUT2D eigenvalue weighted by Gasteiger charge is -2.26. The predicted octanol–water partition coefficient (Wildman–Crippen LogP) is 14.0. The number of benzene rings is 9. The molecule has 0 saturated heterocycles. The molecule has 258 valence electrons. The number of rotatable bonds is 6. The van der Waals surface area contributed by atoms with Gasteiger partial charge in [0.15, 0.2) is 5.58 Å². The van der Waals surface area contributed by atoms with Gasteiger partial charge < -0.3 is 13.9 Å². The first-order valence-electron chi connectivity index (χ1n) is 18.6. The van der Waals surface area contributed by atoms with Crippen molar-refractivity contribution in [1.29, 1.82) is 0 Å². The molecule has 11 rings (SSSR count). The van der Waals surface area contributed by atoms with Gasteiger partial charge in [-0.2, -0.15) is 0 Å². The quantitative estimate of drug-likeness (QED) is 0.173. The minimum Gasteiger partial charge on any atom is -0.436 e. The van der Waals surface area contributed by atoms with Gasteiger partial charge in [0.25, 0.3) is 0 Å². The van der Waals surface area contributed by atoms with Crippen LogP contribution in [0.2, 0.25) is 0 Å². The Morgan fingerprint density at radius 3 is 1.80 bits per heavy atom. The molecule has 0 fully saturated rings. The van der Waals surface area contributed by atoms with Crippen LogP contribution in [0.15, 0.2) is 205 Å². The van der Waals surface area contributed by atoms with Gasteiger partial charge in [-0.3, -0.25) is 0 Å². The van der Waals surface area contributed by atoms with Gasteiger partial charge in [0.2, 0.25) is 5.89 Å². The summed E-state index contributed by atoms with van der Waals surface area (Å²) < 4.78 is 8.68. The van der Waals surface area contributed by atoms with Gasteiger partial charge in [0.1, 0.15) is 5.52 Å². The van der Waals surface area contributed by atoms with Crippen LogP contribution in [0.4, 0.5) is 17.1 Å². The molecule has 11 aromatic rings. The molecular formula is C51H33N3O. The van der Waals surface area contributed by atoms with Crippen molar-refractivity contribution >= 4 is 71.5 Å². The third kappa shape index (κ3) is 5.19. The van der Waals surface area contributed by atoms with Crippen LogP contribution in [0.25, 0.3) is 82.7 Å². The zero-order chi connectivity index (χ0) is 36.3. The van der Waals surface area contributed by atoms with E-state index < -0.39 is 0 Å². The normalized spacial score (nSPS) is 11.6. The second-order valence-electron chi connectivity index (χ2n) is 14.0. The van der Waals surface area contributed by atoms with Crippen LogP contribution >= 0.6 is 0 Å². The molecule has 0 spiro atoms. The van der Waals surface area contributed by atoms with E-state index in [1.165, 1.54) is 43.7 Å². The van der Waals surface area contributed by atoms with Crippen LogP contribution in [0, 0.1) is 0 Å². The summed E-state index contributed by atoms with van der Waals surface area (Å²) in [4.78, 5) is 7.31. The Hall–Kier alpha value is -7.43. The highest BCUT2D eigenvalue weighted by Gasteiger charge is 2.19. The number of oxazole rings is 1. The number of aromatic nitrogens is 2. The summed E-state index contributed by atoms with van der Waals surface area (Å²) in [5.41, 5.74) is 11.7. The summed E-state index contributed by atoms with van der Waals surface area (Å²) in [6.07, 6.45) is 0. The molecule has 0 unspecified atom stereocenters. The van der Waals surface area contributed by atoms with E-state index in [2.05, 4.69) is 198 Å². The van der Waals surface area contributed by atoms with E-state index in [1.807, 2.05) is 12.1 Å². The Bertz CT molecular complexity index is 3190. The topological polar surface area (TPSA) is 34.2 Å². The maximum Gasteiger partial charge on any atom is 0.227 e. The SMILES string of the molecule is c1ccc(-n2c3ccccc3c3cc(N(c4ccc(-c5nc6c(ccc7ccccc76)o5)cc4)c4ccc(-c5cccc6ccccc56)cc4)ccc32)cc1. The summed E-state index contributed by atoms with van der Waals surface area (Å²) >= 11 is 0. The highest BCUT2D eigenvalue weighted by atomic mass is 16.3.